The topological polar surface area (TPSA) is 47.9 Å². The number of aliphatic hydroxyl groups excluding tert-OH is 1. The highest BCUT2D eigenvalue weighted by Crippen LogP contribution is 2.59. The van der Waals surface area contributed by atoms with Gasteiger partial charge in [0.05, 0.1) is 19.3 Å². The molecule has 0 aromatic rings. The second-order valence-corrected chi connectivity index (χ2v) is 11.5. The van der Waals surface area contributed by atoms with Crippen LogP contribution in [0.1, 0.15) is 47.0 Å². The molecule has 1 heterocycles. The molecule has 0 aromatic heterocycles. The summed E-state index contributed by atoms with van der Waals surface area (Å²) in [5.74, 6) is 7.05. The van der Waals surface area contributed by atoms with Crippen LogP contribution in [0.25, 0.3) is 0 Å². The van der Waals surface area contributed by atoms with Crippen LogP contribution in [-0.4, -0.2) is 44.9 Å². The van der Waals surface area contributed by atoms with Crippen molar-refractivity contribution in [3.63, 3.8) is 0 Å². The third-order valence-electron chi connectivity index (χ3n) is 6.34. The van der Waals surface area contributed by atoms with Gasteiger partial charge in [-0.05, 0) is 31.9 Å². The summed E-state index contributed by atoms with van der Waals surface area (Å²) in [7, 11) is -1.23. The minimum atomic E-state index is -1.23. The van der Waals surface area contributed by atoms with Gasteiger partial charge in [0, 0.05) is 23.7 Å². The van der Waals surface area contributed by atoms with Crippen molar-refractivity contribution in [1.29, 1.82) is 0 Å². The second kappa shape index (κ2) is 6.65. The lowest BCUT2D eigenvalue weighted by Crippen LogP contribution is -2.54. The summed E-state index contributed by atoms with van der Waals surface area (Å²) in [6.45, 7) is 14.5. The first kappa shape index (κ1) is 19.4. The first-order valence-corrected chi connectivity index (χ1v) is 12.6. The molecule has 0 radical (unpaired) electrons. The van der Waals surface area contributed by atoms with E-state index in [0.717, 1.165) is 19.3 Å². The van der Waals surface area contributed by atoms with Crippen molar-refractivity contribution in [2.24, 2.45) is 23.2 Å². The average molecular weight is 367 g/mol. The highest BCUT2D eigenvalue weighted by atomic mass is 28.3. The maximum Gasteiger partial charge on any atom is 0.173 e. The predicted molar refractivity (Wildman–Crippen MR) is 101 cm³/mol. The summed E-state index contributed by atoms with van der Waals surface area (Å²) in [6, 6.07) is 0. The number of ether oxygens (including phenoxy) is 2. The van der Waals surface area contributed by atoms with Crippen molar-refractivity contribution >= 4 is 9.04 Å². The Hall–Kier alpha value is -0.383. The Labute approximate surface area is 154 Å². The molecule has 3 rings (SSSR count). The molecule has 5 atom stereocenters. The van der Waals surface area contributed by atoms with Gasteiger partial charge in [0.2, 0.25) is 0 Å². The van der Waals surface area contributed by atoms with Crippen molar-refractivity contribution in [2.75, 3.05) is 13.2 Å². The van der Waals surface area contributed by atoms with Crippen LogP contribution < -0.4 is 0 Å². The van der Waals surface area contributed by atoms with Crippen LogP contribution in [0.3, 0.4) is 0 Å². The molecule has 1 spiro atoms. The van der Waals surface area contributed by atoms with Gasteiger partial charge in [-0.1, -0.05) is 39.5 Å². The SMILES string of the molecule is CCC(C#CC1CC2C(CC23OCCO3)C1O)(O[SiH](C)C)C(C)(C)C. The van der Waals surface area contributed by atoms with Gasteiger partial charge in [0.1, 0.15) is 5.60 Å². The summed E-state index contributed by atoms with van der Waals surface area (Å²) in [5.41, 5.74) is -0.500. The van der Waals surface area contributed by atoms with Crippen LogP contribution in [-0.2, 0) is 13.9 Å². The lowest BCUT2D eigenvalue weighted by molar-refractivity contribution is -0.275. The van der Waals surface area contributed by atoms with Gasteiger partial charge in [0.25, 0.3) is 0 Å². The summed E-state index contributed by atoms with van der Waals surface area (Å²) in [4.78, 5) is 0. The van der Waals surface area contributed by atoms with Crippen LogP contribution in [0.5, 0.6) is 0 Å². The van der Waals surface area contributed by atoms with E-state index < -0.39 is 20.4 Å². The molecule has 0 bridgehead atoms. The molecule has 1 aliphatic heterocycles. The Balaban J connectivity index is 1.79. The molecule has 2 aliphatic carbocycles. The zero-order chi connectivity index (χ0) is 18.5. The molecule has 5 heteroatoms. The Bertz CT molecular complexity index is 552. The molecule has 1 saturated heterocycles. The van der Waals surface area contributed by atoms with E-state index in [0.29, 0.717) is 13.2 Å². The van der Waals surface area contributed by atoms with Crippen LogP contribution in [0.2, 0.25) is 13.1 Å². The predicted octanol–water partition coefficient (Wildman–Crippen LogP) is 2.94. The maximum atomic E-state index is 10.7. The van der Waals surface area contributed by atoms with Gasteiger partial charge in [-0.3, -0.25) is 0 Å². The largest absolute Gasteiger partial charge is 0.404 e. The summed E-state index contributed by atoms with van der Waals surface area (Å²) in [5, 5.41) is 10.7. The van der Waals surface area contributed by atoms with E-state index in [9.17, 15) is 5.11 Å². The lowest BCUT2D eigenvalue weighted by Gasteiger charge is -2.48. The number of hydrogen-bond donors (Lipinski definition) is 1. The summed E-state index contributed by atoms with van der Waals surface area (Å²) >= 11 is 0. The maximum absolute atomic E-state index is 10.7. The van der Waals surface area contributed by atoms with Crippen molar-refractivity contribution in [2.45, 2.75) is 77.5 Å². The molecule has 0 amide bonds. The van der Waals surface area contributed by atoms with Gasteiger partial charge in [-0.25, -0.2) is 0 Å². The minimum absolute atomic E-state index is 0.00659. The van der Waals surface area contributed by atoms with Gasteiger partial charge >= 0.3 is 0 Å². The summed E-state index contributed by atoms with van der Waals surface area (Å²) < 4.78 is 18.2. The summed E-state index contributed by atoms with van der Waals surface area (Å²) in [6.07, 6.45) is 2.16. The van der Waals surface area contributed by atoms with E-state index in [4.69, 9.17) is 13.9 Å². The van der Waals surface area contributed by atoms with E-state index >= 15 is 0 Å². The third-order valence-corrected chi connectivity index (χ3v) is 7.22. The van der Waals surface area contributed by atoms with Crippen molar-refractivity contribution in [3.05, 3.63) is 0 Å². The van der Waals surface area contributed by atoms with E-state index in [1.165, 1.54) is 0 Å². The van der Waals surface area contributed by atoms with Crippen molar-refractivity contribution < 1.29 is 19.0 Å². The van der Waals surface area contributed by atoms with E-state index in [-0.39, 0.29) is 29.3 Å². The highest BCUT2D eigenvalue weighted by Gasteiger charge is 2.64. The zero-order valence-electron chi connectivity index (χ0n) is 16.6. The van der Waals surface area contributed by atoms with Crippen LogP contribution in [0.4, 0.5) is 0 Å². The van der Waals surface area contributed by atoms with Crippen LogP contribution >= 0.6 is 0 Å². The highest BCUT2D eigenvalue weighted by molar-refractivity contribution is 6.48. The van der Waals surface area contributed by atoms with Crippen molar-refractivity contribution in [1.82, 2.24) is 0 Å². The Morgan fingerprint density at radius 3 is 2.40 bits per heavy atom. The molecule has 4 nitrogen and oxygen atoms in total. The quantitative estimate of drug-likeness (QED) is 0.616. The molecule has 142 valence electrons. The zero-order valence-corrected chi connectivity index (χ0v) is 17.7. The van der Waals surface area contributed by atoms with Gasteiger partial charge in [0.15, 0.2) is 14.8 Å². The van der Waals surface area contributed by atoms with Gasteiger partial charge < -0.3 is 19.0 Å². The Morgan fingerprint density at radius 1 is 1.24 bits per heavy atom. The van der Waals surface area contributed by atoms with Gasteiger partial charge in [-0.15, -0.1) is 0 Å². The smallest absolute Gasteiger partial charge is 0.173 e. The van der Waals surface area contributed by atoms with E-state index in [1.807, 2.05) is 0 Å². The molecule has 0 aromatic carbocycles. The lowest BCUT2D eigenvalue weighted by atomic mass is 9.69. The molecule has 1 N–H and O–H groups in total. The Morgan fingerprint density at radius 2 is 1.88 bits per heavy atom. The normalized spacial score (nSPS) is 35.8. The molecule has 25 heavy (non-hydrogen) atoms. The minimum Gasteiger partial charge on any atom is -0.404 e. The Kier molecular flexibility index (Phi) is 5.16. The molecular weight excluding hydrogens is 332 g/mol. The molecule has 3 fully saturated rings. The average Bonchev–Trinajstić information content (AvgIpc) is 3.08. The molecular formula is C20H34O4Si. The molecule has 3 aliphatic rings. The van der Waals surface area contributed by atoms with Crippen LogP contribution in [0.15, 0.2) is 0 Å². The van der Waals surface area contributed by atoms with E-state index in [1.54, 1.807) is 0 Å². The van der Waals surface area contributed by atoms with E-state index in [2.05, 4.69) is 52.6 Å². The fourth-order valence-electron chi connectivity index (χ4n) is 4.87. The number of hydrogen-bond acceptors (Lipinski definition) is 4. The third kappa shape index (κ3) is 3.21. The molecule has 2 saturated carbocycles. The van der Waals surface area contributed by atoms with Crippen LogP contribution in [0, 0.1) is 35.0 Å². The monoisotopic (exact) mass is 366 g/mol. The molecule has 5 unspecified atom stereocenters. The first-order chi connectivity index (χ1) is 11.6. The number of aliphatic hydroxyl groups is 1. The van der Waals surface area contributed by atoms with Crippen molar-refractivity contribution in [3.8, 4) is 11.8 Å². The van der Waals surface area contributed by atoms with Gasteiger partial charge in [-0.2, -0.15) is 0 Å². The number of fused-ring (bicyclic) bond motifs is 2. The fourth-order valence-corrected chi connectivity index (χ4v) is 6.25. The standard InChI is InChI=1S/C20H34O4Si/c1-7-19(18(2,3)4,24-25(5)6)9-8-14-12-16-15(17(14)21)13-20(16)22-10-11-23-20/h14-17,21,25H,7,10-13H2,1-6H3. The number of rotatable bonds is 3. The first-order valence-electron chi connectivity index (χ1n) is 9.80. The second-order valence-electron chi connectivity index (χ2n) is 9.18. The fraction of sp³-hybridized carbons (Fsp3) is 0.900.